The van der Waals surface area contributed by atoms with E-state index in [0.717, 1.165) is 37.6 Å². The van der Waals surface area contributed by atoms with Gasteiger partial charge in [-0.15, -0.1) is 0 Å². The van der Waals surface area contributed by atoms with Crippen molar-refractivity contribution in [1.29, 1.82) is 0 Å². The Morgan fingerprint density at radius 1 is 1.42 bits per heavy atom. The van der Waals surface area contributed by atoms with Crippen LogP contribution in [0.15, 0.2) is 12.3 Å². The maximum atomic E-state index is 11.9. The van der Waals surface area contributed by atoms with E-state index in [1.54, 1.807) is 6.20 Å². The van der Waals surface area contributed by atoms with E-state index in [4.69, 9.17) is 4.74 Å². The molecule has 1 spiro atoms. The molecule has 0 radical (unpaired) electrons. The molecule has 3 aliphatic rings. The first-order chi connectivity index (χ1) is 12.5. The highest BCUT2D eigenvalue weighted by atomic mass is 16.5. The zero-order chi connectivity index (χ0) is 18.3. The molecule has 8 heteroatoms. The van der Waals surface area contributed by atoms with Crippen molar-refractivity contribution >= 4 is 17.6 Å². The Balaban J connectivity index is 1.41. The number of ether oxygens (including phenoxy) is 1. The van der Waals surface area contributed by atoms with Crippen LogP contribution >= 0.6 is 0 Å². The summed E-state index contributed by atoms with van der Waals surface area (Å²) in [5.74, 6) is 2.05. The van der Waals surface area contributed by atoms with Crippen molar-refractivity contribution in [2.75, 3.05) is 31.1 Å². The van der Waals surface area contributed by atoms with Gasteiger partial charge in [0.1, 0.15) is 11.6 Å². The van der Waals surface area contributed by atoms with Crippen LogP contribution in [0.3, 0.4) is 0 Å². The van der Waals surface area contributed by atoms with Crippen molar-refractivity contribution in [2.45, 2.75) is 38.4 Å². The molecule has 2 N–H and O–H groups in total. The molecule has 4 heterocycles. The Bertz CT molecular complexity index is 727. The van der Waals surface area contributed by atoms with Crippen LogP contribution in [0.4, 0.5) is 5.82 Å². The monoisotopic (exact) mass is 359 g/mol. The second kappa shape index (κ2) is 6.50. The molecule has 3 aliphatic heterocycles. The number of anilines is 1. The van der Waals surface area contributed by atoms with Crippen molar-refractivity contribution in [3.63, 3.8) is 0 Å². The van der Waals surface area contributed by atoms with Crippen LogP contribution in [-0.2, 0) is 14.3 Å². The lowest BCUT2D eigenvalue weighted by Gasteiger charge is -2.29. The van der Waals surface area contributed by atoms with Gasteiger partial charge in [-0.1, -0.05) is 0 Å². The smallest absolute Gasteiger partial charge is 0.239 e. The highest BCUT2D eigenvalue weighted by molar-refractivity contribution is 5.83. The Morgan fingerprint density at radius 3 is 3.04 bits per heavy atom. The van der Waals surface area contributed by atoms with E-state index < -0.39 is 0 Å². The molecule has 140 valence electrons. The number of carbonyl (C=O) groups is 2. The fraction of sp³-hybridized carbons (Fsp3) is 0.667. The van der Waals surface area contributed by atoms with Crippen LogP contribution < -0.4 is 15.5 Å². The van der Waals surface area contributed by atoms with E-state index in [9.17, 15) is 9.59 Å². The van der Waals surface area contributed by atoms with Crippen molar-refractivity contribution in [2.24, 2.45) is 11.8 Å². The summed E-state index contributed by atoms with van der Waals surface area (Å²) in [6, 6.07) is 1.95. The van der Waals surface area contributed by atoms with Gasteiger partial charge in [-0.05, 0) is 25.8 Å². The predicted molar refractivity (Wildman–Crippen MR) is 94.5 cm³/mol. The molecule has 3 saturated heterocycles. The summed E-state index contributed by atoms with van der Waals surface area (Å²) in [5.41, 5.74) is -0.115. The maximum absolute atomic E-state index is 11.9. The zero-order valence-corrected chi connectivity index (χ0v) is 15.2. The molecule has 0 saturated carbocycles. The van der Waals surface area contributed by atoms with Crippen LogP contribution in [0, 0.1) is 18.8 Å². The Hall–Kier alpha value is -2.22. The highest BCUT2D eigenvalue weighted by Crippen LogP contribution is 2.55. The fourth-order valence-electron chi connectivity index (χ4n) is 4.76. The second-order valence-corrected chi connectivity index (χ2v) is 7.59. The average Bonchev–Trinajstić information content (AvgIpc) is 3.26. The topological polar surface area (TPSA) is 96.5 Å². The van der Waals surface area contributed by atoms with Gasteiger partial charge in [-0.3, -0.25) is 9.59 Å². The molecular formula is C18H25N5O3. The molecule has 1 aromatic rings. The molecule has 26 heavy (non-hydrogen) atoms. The number of fused-ring (bicyclic) bond motifs is 1. The third-order valence-electron chi connectivity index (χ3n) is 5.90. The summed E-state index contributed by atoms with van der Waals surface area (Å²) in [7, 11) is 0. The number of amides is 2. The van der Waals surface area contributed by atoms with Crippen molar-refractivity contribution < 1.29 is 14.3 Å². The molecule has 3 fully saturated rings. The van der Waals surface area contributed by atoms with Crippen LogP contribution in [0.5, 0.6) is 0 Å². The summed E-state index contributed by atoms with van der Waals surface area (Å²) in [6.45, 7) is 5.65. The van der Waals surface area contributed by atoms with E-state index in [-0.39, 0.29) is 30.1 Å². The van der Waals surface area contributed by atoms with E-state index in [0.29, 0.717) is 18.4 Å². The molecule has 1 aromatic heterocycles. The summed E-state index contributed by atoms with van der Waals surface area (Å²) in [5, 5.41) is 5.49. The van der Waals surface area contributed by atoms with Gasteiger partial charge >= 0.3 is 0 Å². The standard InChI is InChI=1S/C18H25N5O3/c1-11-19-6-4-16(22-11)23-9-14-13(7-21-17(25)8-20-12(2)24)15-3-5-18(14,10-23)26-15/h4,6,13-15H,3,5,7-10H2,1-2H3,(H,20,24)(H,21,25)/t13-,14+,15+,18+/m0/s1. The molecule has 2 amide bonds. The quantitative estimate of drug-likeness (QED) is 0.769. The normalized spacial score (nSPS) is 31.8. The number of aromatic nitrogens is 2. The van der Waals surface area contributed by atoms with Crippen LogP contribution in [0.2, 0.25) is 0 Å². The minimum Gasteiger partial charge on any atom is -0.369 e. The third-order valence-corrected chi connectivity index (χ3v) is 5.90. The van der Waals surface area contributed by atoms with Gasteiger partial charge in [0.15, 0.2) is 0 Å². The highest BCUT2D eigenvalue weighted by Gasteiger charge is 2.63. The van der Waals surface area contributed by atoms with E-state index in [2.05, 4.69) is 25.5 Å². The molecular weight excluding hydrogens is 334 g/mol. The number of rotatable bonds is 5. The predicted octanol–water partition coefficient (Wildman–Crippen LogP) is 0.0211. The van der Waals surface area contributed by atoms with Gasteiger partial charge in [-0.25, -0.2) is 9.97 Å². The summed E-state index contributed by atoms with van der Waals surface area (Å²) >= 11 is 0. The maximum Gasteiger partial charge on any atom is 0.239 e. The van der Waals surface area contributed by atoms with Gasteiger partial charge < -0.3 is 20.3 Å². The number of hydrogen-bond donors (Lipinski definition) is 2. The van der Waals surface area contributed by atoms with Gasteiger partial charge in [0.2, 0.25) is 11.8 Å². The Morgan fingerprint density at radius 2 is 2.27 bits per heavy atom. The first-order valence-corrected chi connectivity index (χ1v) is 9.20. The van der Waals surface area contributed by atoms with Gasteiger partial charge in [0.05, 0.1) is 18.2 Å². The molecule has 8 nitrogen and oxygen atoms in total. The third kappa shape index (κ3) is 3.02. The first kappa shape index (κ1) is 17.2. The Kier molecular flexibility index (Phi) is 4.30. The molecule has 4 atom stereocenters. The summed E-state index contributed by atoms with van der Waals surface area (Å²) < 4.78 is 6.40. The van der Waals surface area contributed by atoms with Gasteiger partial charge in [0.25, 0.3) is 0 Å². The first-order valence-electron chi connectivity index (χ1n) is 9.20. The largest absolute Gasteiger partial charge is 0.369 e. The fourth-order valence-corrected chi connectivity index (χ4v) is 4.76. The van der Waals surface area contributed by atoms with E-state index in [1.165, 1.54) is 6.92 Å². The van der Waals surface area contributed by atoms with Crippen LogP contribution in [0.25, 0.3) is 0 Å². The number of nitrogens with zero attached hydrogens (tertiary/aromatic N) is 3. The minimum atomic E-state index is -0.200. The van der Waals surface area contributed by atoms with Crippen molar-refractivity contribution in [1.82, 2.24) is 20.6 Å². The van der Waals surface area contributed by atoms with Gasteiger partial charge in [-0.2, -0.15) is 0 Å². The number of nitrogens with one attached hydrogen (secondary N) is 2. The van der Waals surface area contributed by atoms with Crippen molar-refractivity contribution in [3.8, 4) is 0 Å². The van der Waals surface area contributed by atoms with E-state index >= 15 is 0 Å². The Labute approximate surface area is 152 Å². The van der Waals surface area contributed by atoms with Crippen LogP contribution in [0.1, 0.15) is 25.6 Å². The number of hydrogen-bond acceptors (Lipinski definition) is 6. The molecule has 2 bridgehead atoms. The molecule has 0 aromatic carbocycles. The van der Waals surface area contributed by atoms with Crippen LogP contribution in [-0.4, -0.2) is 59.7 Å². The van der Waals surface area contributed by atoms with E-state index in [1.807, 2.05) is 13.0 Å². The molecule has 0 aliphatic carbocycles. The summed E-state index contributed by atoms with van der Waals surface area (Å²) in [4.78, 5) is 33.9. The lowest BCUT2D eigenvalue weighted by molar-refractivity contribution is -0.125. The zero-order valence-electron chi connectivity index (χ0n) is 15.2. The van der Waals surface area contributed by atoms with Crippen molar-refractivity contribution in [3.05, 3.63) is 18.1 Å². The lowest BCUT2D eigenvalue weighted by atomic mass is 9.73. The second-order valence-electron chi connectivity index (χ2n) is 7.59. The summed E-state index contributed by atoms with van der Waals surface area (Å²) in [6.07, 6.45) is 4.12. The minimum absolute atomic E-state index is 0.0235. The number of aryl methyl sites for hydroxylation is 1. The lowest BCUT2D eigenvalue weighted by Crippen LogP contribution is -2.44. The molecule has 0 unspecified atom stereocenters. The number of carbonyl (C=O) groups excluding carboxylic acids is 2. The van der Waals surface area contributed by atoms with Gasteiger partial charge in [0, 0.05) is 44.6 Å². The average molecular weight is 359 g/mol. The molecule has 4 rings (SSSR count). The SMILES string of the molecule is CC(=O)NCC(=O)NC[C@H]1[C@H]2CN(c3ccnc(C)n3)C[C@]23CC[C@H]1O3.